The summed E-state index contributed by atoms with van der Waals surface area (Å²) in [6.45, 7) is 3.67. The molecule has 1 unspecified atom stereocenters. The van der Waals surface area contributed by atoms with E-state index in [4.69, 9.17) is 10.5 Å². The van der Waals surface area contributed by atoms with Crippen molar-refractivity contribution >= 4 is 11.8 Å². The van der Waals surface area contributed by atoms with Crippen molar-refractivity contribution in [2.45, 2.75) is 31.8 Å². The van der Waals surface area contributed by atoms with Gasteiger partial charge in [0, 0.05) is 23.9 Å². The molecule has 0 bridgehead atoms. The van der Waals surface area contributed by atoms with E-state index in [-0.39, 0.29) is 30.2 Å². The number of thioether (sulfide) groups is 1. The second kappa shape index (κ2) is 7.00. The Morgan fingerprint density at radius 2 is 2.11 bits per heavy atom. The van der Waals surface area contributed by atoms with E-state index in [2.05, 4.69) is 4.98 Å². The summed E-state index contributed by atoms with van der Waals surface area (Å²) in [5.74, 6) is 0.361. The maximum Gasteiger partial charge on any atom is 0.441 e. The molecule has 0 aliphatic rings. The minimum atomic E-state index is -4.22. The molecule has 0 aliphatic heterocycles. The van der Waals surface area contributed by atoms with Crippen LogP contribution >= 0.6 is 11.8 Å². The Balaban J connectivity index is 2.57. The third kappa shape index (κ3) is 6.68. The van der Waals surface area contributed by atoms with Gasteiger partial charge >= 0.3 is 5.51 Å². The normalized spacial score (nSPS) is 13.4. The van der Waals surface area contributed by atoms with Gasteiger partial charge in [-0.25, -0.2) is 0 Å². The van der Waals surface area contributed by atoms with E-state index in [0.29, 0.717) is 17.9 Å². The zero-order valence-corrected chi connectivity index (χ0v) is 11.6. The molecule has 108 valence electrons. The standard InChI is InChI=1S/C12H17F3N2OS/c1-8(16)7-10-11(4-3-9(2)17-10)18-5-6-19-12(13,14)15/h3-4,8H,5-7,16H2,1-2H3. The summed E-state index contributed by atoms with van der Waals surface area (Å²) in [7, 11) is 0. The van der Waals surface area contributed by atoms with Gasteiger partial charge in [-0.05, 0) is 37.7 Å². The van der Waals surface area contributed by atoms with Gasteiger partial charge in [-0.2, -0.15) is 13.2 Å². The second-order valence-electron chi connectivity index (χ2n) is 4.22. The van der Waals surface area contributed by atoms with Crippen molar-refractivity contribution in [3.8, 4) is 5.75 Å². The number of nitrogens with zero attached hydrogens (tertiary/aromatic N) is 1. The zero-order valence-electron chi connectivity index (χ0n) is 10.8. The number of alkyl halides is 3. The molecule has 1 rings (SSSR count). The van der Waals surface area contributed by atoms with Crippen molar-refractivity contribution in [3.05, 3.63) is 23.5 Å². The number of pyridine rings is 1. The number of aromatic nitrogens is 1. The number of rotatable bonds is 6. The molecule has 3 nitrogen and oxygen atoms in total. The minimum Gasteiger partial charge on any atom is -0.491 e. The van der Waals surface area contributed by atoms with Crippen LogP contribution in [-0.4, -0.2) is 28.9 Å². The van der Waals surface area contributed by atoms with Gasteiger partial charge in [0.05, 0.1) is 12.3 Å². The Morgan fingerprint density at radius 1 is 1.42 bits per heavy atom. The molecule has 0 saturated heterocycles. The van der Waals surface area contributed by atoms with E-state index in [9.17, 15) is 13.2 Å². The maximum absolute atomic E-state index is 12.0. The third-order valence-electron chi connectivity index (χ3n) is 2.19. The Labute approximate surface area is 114 Å². The fourth-order valence-electron chi connectivity index (χ4n) is 1.49. The Morgan fingerprint density at radius 3 is 2.68 bits per heavy atom. The van der Waals surface area contributed by atoms with Crippen LogP contribution in [0.25, 0.3) is 0 Å². The SMILES string of the molecule is Cc1ccc(OCCSC(F)(F)F)c(CC(C)N)n1. The molecular formula is C12H17F3N2OS. The Hall–Kier alpha value is -0.950. The van der Waals surface area contributed by atoms with Crippen LogP contribution in [0.1, 0.15) is 18.3 Å². The average molecular weight is 294 g/mol. The van der Waals surface area contributed by atoms with E-state index in [0.717, 1.165) is 5.69 Å². The lowest BCUT2D eigenvalue weighted by Gasteiger charge is -2.13. The van der Waals surface area contributed by atoms with Crippen LogP contribution in [-0.2, 0) is 6.42 Å². The smallest absolute Gasteiger partial charge is 0.441 e. The van der Waals surface area contributed by atoms with Crippen molar-refractivity contribution in [1.29, 1.82) is 0 Å². The zero-order chi connectivity index (χ0) is 14.5. The number of hydrogen-bond donors (Lipinski definition) is 1. The fraction of sp³-hybridized carbons (Fsp3) is 0.583. The highest BCUT2D eigenvalue weighted by atomic mass is 32.2. The molecule has 2 N–H and O–H groups in total. The summed E-state index contributed by atoms with van der Waals surface area (Å²) in [4.78, 5) is 4.31. The minimum absolute atomic E-state index is 0.0130. The molecule has 1 heterocycles. The number of nitrogens with two attached hydrogens (primary N) is 1. The van der Waals surface area contributed by atoms with E-state index < -0.39 is 5.51 Å². The molecule has 0 radical (unpaired) electrons. The predicted molar refractivity (Wildman–Crippen MR) is 70.3 cm³/mol. The summed E-state index contributed by atoms with van der Waals surface area (Å²) in [5.41, 5.74) is 3.00. The van der Waals surface area contributed by atoms with Crippen molar-refractivity contribution in [1.82, 2.24) is 4.98 Å². The first-order valence-corrected chi connectivity index (χ1v) is 6.82. The number of aryl methyl sites for hydroxylation is 1. The van der Waals surface area contributed by atoms with Crippen LogP contribution in [0.15, 0.2) is 12.1 Å². The molecule has 19 heavy (non-hydrogen) atoms. The molecule has 1 aromatic heterocycles. The van der Waals surface area contributed by atoms with Crippen LogP contribution in [0, 0.1) is 6.92 Å². The highest BCUT2D eigenvalue weighted by Crippen LogP contribution is 2.30. The third-order valence-corrected chi connectivity index (χ3v) is 2.89. The summed E-state index contributed by atoms with van der Waals surface area (Å²) in [5, 5.41) is 0. The van der Waals surface area contributed by atoms with Gasteiger partial charge < -0.3 is 10.5 Å². The monoisotopic (exact) mass is 294 g/mol. The quantitative estimate of drug-likeness (QED) is 0.820. The average Bonchev–Trinajstić information content (AvgIpc) is 2.24. The molecule has 0 spiro atoms. The molecule has 0 aromatic carbocycles. The van der Waals surface area contributed by atoms with Crippen LogP contribution in [0.4, 0.5) is 13.2 Å². The summed E-state index contributed by atoms with van der Waals surface area (Å²) >= 11 is -0.0944. The van der Waals surface area contributed by atoms with Gasteiger partial charge in [-0.3, -0.25) is 4.98 Å². The highest BCUT2D eigenvalue weighted by Gasteiger charge is 2.27. The van der Waals surface area contributed by atoms with Crippen molar-refractivity contribution in [3.63, 3.8) is 0 Å². The van der Waals surface area contributed by atoms with Gasteiger partial charge in [-0.15, -0.1) is 0 Å². The number of ether oxygens (including phenoxy) is 1. The molecule has 0 saturated carbocycles. The van der Waals surface area contributed by atoms with E-state index >= 15 is 0 Å². The van der Waals surface area contributed by atoms with Gasteiger partial charge in [0.25, 0.3) is 0 Å². The molecule has 1 aromatic rings. The first-order valence-electron chi connectivity index (χ1n) is 5.83. The lowest BCUT2D eigenvalue weighted by atomic mass is 10.1. The highest BCUT2D eigenvalue weighted by molar-refractivity contribution is 8.00. The lowest BCUT2D eigenvalue weighted by Crippen LogP contribution is -2.19. The van der Waals surface area contributed by atoms with E-state index in [1.807, 2.05) is 13.8 Å². The largest absolute Gasteiger partial charge is 0.491 e. The van der Waals surface area contributed by atoms with E-state index in [1.165, 1.54) is 0 Å². The number of halogens is 3. The van der Waals surface area contributed by atoms with Crippen LogP contribution in [0.3, 0.4) is 0 Å². The molecule has 0 aliphatic carbocycles. The summed E-state index contributed by atoms with van der Waals surface area (Å²) in [6.07, 6.45) is 0.531. The van der Waals surface area contributed by atoms with E-state index in [1.54, 1.807) is 12.1 Å². The first kappa shape index (κ1) is 16.1. The maximum atomic E-state index is 12.0. The Kier molecular flexibility index (Phi) is 5.93. The van der Waals surface area contributed by atoms with Crippen molar-refractivity contribution in [2.24, 2.45) is 5.73 Å². The van der Waals surface area contributed by atoms with Gasteiger partial charge in [0.15, 0.2) is 0 Å². The molecule has 7 heteroatoms. The molecule has 0 fully saturated rings. The van der Waals surface area contributed by atoms with Crippen LogP contribution < -0.4 is 10.5 Å². The fourth-order valence-corrected chi connectivity index (χ4v) is 1.89. The molecule has 1 atom stereocenters. The van der Waals surface area contributed by atoms with Gasteiger partial charge in [-0.1, -0.05) is 0 Å². The molecule has 0 amide bonds. The number of hydrogen-bond acceptors (Lipinski definition) is 4. The van der Waals surface area contributed by atoms with Crippen molar-refractivity contribution < 1.29 is 17.9 Å². The van der Waals surface area contributed by atoms with Crippen molar-refractivity contribution in [2.75, 3.05) is 12.4 Å². The Bertz CT molecular complexity index is 410. The topological polar surface area (TPSA) is 48.1 Å². The second-order valence-corrected chi connectivity index (χ2v) is 5.38. The van der Waals surface area contributed by atoms with Gasteiger partial charge in [0.1, 0.15) is 5.75 Å². The first-order chi connectivity index (χ1) is 8.78. The summed E-state index contributed by atoms with van der Waals surface area (Å²) in [6, 6.07) is 3.40. The summed E-state index contributed by atoms with van der Waals surface area (Å²) < 4.78 is 41.2. The van der Waals surface area contributed by atoms with Crippen LogP contribution in [0.2, 0.25) is 0 Å². The predicted octanol–water partition coefficient (Wildman–Crippen LogP) is 2.91. The van der Waals surface area contributed by atoms with Crippen LogP contribution in [0.5, 0.6) is 5.75 Å². The lowest BCUT2D eigenvalue weighted by molar-refractivity contribution is -0.0329. The molecular weight excluding hydrogens is 277 g/mol. The van der Waals surface area contributed by atoms with Gasteiger partial charge in [0.2, 0.25) is 0 Å².